The molecule has 1 heterocycles. The standard InChI is InChI=1S/C19H20N4O2S/c1-4-23-18(25)14-7-5-6-8-16(14)20-19(23)22-21-17(24)15-11-13(26-3)10-9-12(15)2/h5-11H,4H2,1-3H3,(H,20,22)(H,21,24). The lowest BCUT2D eigenvalue weighted by Gasteiger charge is -2.15. The number of nitrogens with one attached hydrogen (secondary N) is 2. The highest BCUT2D eigenvalue weighted by molar-refractivity contribution is 7.98. The summed E-state index contributed by atoms with van der Waals surface area (Å²) >= 11 is 1.57. The van der Waals surface area contributed by atoms with Crippen LogP contribution in [0.2, 0.25) is 0 Å². The molecular weight excluding hydrogens is 348 g/mol. The predicted molar refractivity (Wildman–Crippen MR) is 106 cm³/mol. The Morgan fingerprint density at radius 3 is 2.73 bits per heavy atom. The van der Waals surface area contributed by atoms with Crippen molar-refractivity contribution in [3.63, 3.8) is 0 Å². The van der Waals surface area contributed by atoms with Gasteiger partial charge in [0.1, 0.15) is 0 Å². The summed E-state index contributed by atoms with van der Waals surface area (Å²) in [6.45, 7) is 4.18. The van der Waals surface area contributed by atoms with Crippen molar-refractivity contribution in [2.45, 2.75) is 25.3 Å². The van der Waals surface area contributed by atoms with E-state index < -0.39 is 0 Å². The summed E-state index contributed by atoms with van der Waals surface area (Å²) < 4.78 is 1.49. The summed E-state index contributed by atoms with van der Waals surface area (Å²) in [7, 11) is 0. The fraction of sp³-hybridized carbons (Fsp3) is 0.211. The van der Waals surface area contributed by atoms with E-state index in [1.807, 2.05) is 50.4 Å². The Morgan fingerprint density at radius 1 is 1.23 bits per heavy atom. The van der Waals surface area contributed by atoms with Crippen molar-refractivity contribution in [2.75, 3.05) is 11.7 Å². The Morgan fingerprint density at radius 2 is 2.00 bits per heavy atom. The van der Waals surface area contributed by atoms with E-state index in [9.17, 15) is 9.59 Å². The zero-order valence-electron chi connectivity index (χ0n) is 14.9. The van der Waals surface area contributed by atoms with Gasteiger partial charge in [0.2, 0.25) is 5.95 Å². The van der Waals surface area contributed by atoms with Crippen LogP contribution < -0.4 is 16.4 Å². The highest BCUT2D eigenvalue weighted by Gasteiger charge is 2.13. The first-order valence-corrected chi connectivity index (χ1v) is 9.48. The number of amides is 1. The van der Waals surface area contributed by atoms with Gasteiger partial charge in [-0.05, 0) is 49.9 Å². The molecule has 0 atom stereocenters. The summed E-state index contributed by atoms with van der Waals surface area (Å²) in [5.74, 6) is 0.0340. The van der Waals surface area contributed by atoms with Gasteiger partial charge in [0.05, 0.1) is 10.9 Å². The van der Waals surface area contributed by atoms with E-state index in [1.54, 1.807) is 23.9 Å². The van der Waals surface area contributed by atoms with Crippen LogP contribution in [0, 0.1) is 6.92 Å². The smallest absolute Gasteiger partial charge is 0.269 e. The lowest BCUT2D eigenvalue weighted by Crippen LogP contribution is -2.34. The van der Waals surface area contributed by atoms with E-state index >= 15 is 0 Å². The number of hydrogen-bond acceptors (Lipinski definition) is 5. The minimum atomic E-state index is -0.275. The number of hydrazine groups is 1. The first kappa shape index (κ1) is 18.0. The average molecular weight is 368 g/mol. The van der Waals surface area contributed by atoms with E-state index in [2.05, 4.69) is 15.8 Å². The van der Waals surface area contributed by atoms with Crippen molar-refractivity contribution in [2.24, 2.45) is 0 Å². The summed E-state index contributed by atoms with van der Waals surface area (Å²) in [6.07, 6.45) is 1.96. The lowest BCUT2D eigenvalue weighted by molar-refractivity contribution is 0.0961. The highest BCUT2D eigenvalue weighted by atomic mass is 32.2. The minimum Gasteiger partial charge on any atom is -0.277 e. The number of para-hydroxylation sites is 1. The van der Waals surface area contributed by atoms with Gasteiger partial charge in [-0.1, -0.05) is 18.2 Å². The fourth-order valence-electron chi connectivity index (χ4n) is 2.71. The van der Waals surface area contributed by atoms with Crippen LogP contribution in [0.1, 0.15) is 22.8 Å². The Balaban J connectivity index is 1.90. The third-order valence-electron chi connectivity index (χ3n) is 4.16. The molecule has 0 aliphatic heterocycles. The Bertz CT molecular complexity index is 1030. The molecule has 0 saturated heterocycles. The first-order valence-electron chi connectivity index (χ1n) is 8.25. The van der Waals surface area contributed by atoms with Crippen LogP contribution in [0.3, 0.4) is 0 Å². The molecule has 134 valence electrons. The van der Waals surface area contributed by atoms with Crippen molar-refractivity contribution in [3.8, 4) is 0 Å². The van der Waals surface area contributed by atoms with Gasteiger partial charge in [-0.15, -0.1) is 11.8 Å². The van der Waals surface area contributed by atoms with Gasteiger partial charge in [0, 0.05) is 17.0 Å². The number of benzene rings is 2. The summed E-state index contributed by atoms with van der Waals surface area (Å²) in [6, 6.07) is 12.9. The van der Waals surface area contributed by atoms with E-state index in [0.717, 1.165) is 10.5 Å². The number of rotatable bonds is 5. The van der Waals surface area contributed by atoms with Crippen LogP contribution in [-0.4, -0.2) is 21.7 Å². The van der Waals surface area contributed by atoms with Crippen molar-refractivity contribution in [3.05, 3.63) is 63.9 Å². The first-order chi connectivity index (χ1) is 12.5. The molecule has 0 aliphatic rings. The van der Waals surface area contributed by atoms with Crippen molar-refractivity contribution in [1.82, 2.24) is 15.0 Å². The quantitative estimate of drug-likeness (QED) is 0.534. The molecule has 6 nitrogen and oxygen atoms in total. The minimum absolute atomic E-state index is 0.143. The molecule has 0 radical (unpaired) electrons. The third-order valence-corrected chi connectivity index (χ3v) is 4.88. The predicted octanol–water partition coefficient (Wildman–Crippen LogP) is 3.20. The van der Waals surface area contributed by atoms with Gasteiger partial charge < -0.3 is 0 Å². The zero-order chi connectivity index (χ0) is 18.7. The summed E-state index contributed by atoms with van der Waals surface area (Å²) in [5.41, 5.74) is 7.35. The van der Waals surface area contributed by atoms with Crippen LogP contribution >= 0.6 is 11.8 Å². The highest BCUT2D eigenvalue weighted by Crippen LogP contribution is 2.19. The van der Waals surface area contributed by atoms with Gasteiger partial charge in [-0.25, -0.2) is 4.98 Å². The van der Waals surface area contributed by atoms with Crippen molar-refractivity contribution < 1.29 is 4.79 Å². The fourth-order valence-corrected chi connectivity index (χ4v) is 3.15. The van der Waals surface area contributed by atoms with Gasteiger partial charge in [0.15, 0.2) is 0 Å². The second-order valence-electron chi connectivity index (χ2n) is 5.76. The molecule has 0 spiro atoms. The molecule has 1 aromatic heterocycles. The molecule has 0 bridgehead atoms. The maximum absolute atomic E-state index is 12.6. The number of carbonyl (C=O) groups is 1. The molecule has 7 heteroatoms. The molecular formula is C19H20N4O2S. The maximum atomic E-state index is 12.6. The number of hydrogen-bond donors (Lipinski definition) is 2. The Hall–Kier alpha value is -2.80. The number of anilines is 1. The van der Waals surface area contributed by atoms with Gasteiger partial charge in [-0.2, -0.15) is 0 Å². The topological polar surface area (TPSA) is 76.0 Å². The molecule has 0 aliphatic carbocycles. The largest absolute Gasteiger partial charge is 0.277 e. The molecule has 1 amide bonds. The van der Waals surface area contributed by atoms with E-state index in [0.29, 0.717) is 29.0 Å². The number of aromatic nitrogens is 2. The monoisotopic (exact) mass is 368 g/mol. The van der Waals surface area contributed by atoms with Crippen LogP contribution in [0.5, 0.6) is 0 Å². The molecule has 0 fully saturated rings. The van der Waals surface area contributed by atoms with Gasteiger partial charge in [-0.3, -0.25) is 25.0 Å². The van der Waals surface area contributed by atoms with E-state index in [-0.39, 0.29) is 11.5 Å². The molecule has 3 aromatic rings. The normalized spacial score (nSPS) is 10.7. The van der Waals surface area contributed by atoms with E-state index in [4.69, 9.17) is 0 Å². The second kappa shape index (κ2) is 7.61. The number of nitrogens with zero attached hydrogens (tertiary/aromatic N) is 2. The van der Waals surface area contributed by atoms with Crippen LogP contribution in [-0.2, 0) is 6.54 Å². The molecule has 3 rings (SSSR count). The number of carbonyl (C=O) groups excluding carboxylic acids is 1. The number of aryl methyl sites for hydroxylation is 1. The SMILES string of the molecule is CCn1c(NNC(=O)c2cc(SC)ccc2C)nc2ccccc2c1=O. The Labute approximate surface area is 155 Å². The van der Waals surface area contributed by atoms with Gasteiger partial charge in [0.25, 0.3) is 11.5 Å². The summed E-state index contributed by atoms with van der Waals surface area (Å²) in [5, 5.41) is 0.551. The molecule has 0 unspecified atom stereocenters. The van der Waals surface area contributed by atoms with E-state index in [1.165, 1.54) is 4.57 Å². The summed E-state index contributed by atoms with van der Waals surface area (Å²) in [4.78, 5) is 30.6. The molecule has 2 N–H and O–H groups in total. The Kier molecular flexibility index (Phi) is 5.27. The number of thioether (sulfide) groups is 1. The molecule has 0 saturated carbocycles. The average Bonchev–Trinajstić information content (AvgIpc) is 2.66. The second-order valence-corrected chi connectivity index (χ2v) is 6.64. The van der Waals surface area contributed by atoms with Crippen molar-refractivity contribution >= 4 is 34.5 Å². The number of fused-ring (bicyclic) bond motifs is 1. The van der Waals surface area contributed by atoms with Crippen LogP contribution in [0.25, 0.3) is 10.9 Å². The van der Waals surface area contributed by atoms with Crippen LogP contribution in [0.15, 0.2) is 52.2 Å². The third kappa shape index (κ3) is 3.43. The maximum Gasteiger partial charge on any atom is 0.269 e. The molecule has 2 aromatic carbocycles. The van der Waals surface area contributed by atoms with Crippen LogP contribution in [0.4, 0.5) is 5.95 Å². The lowest BCUT2D eigenvalue weighted by atomic mass is 10.1. The van der Waals surface area contributed by atoms with Gasteiger partial charge >= 0.3 is 0 Å². The van der Waals surface area contributed by atoms with Crippen molar-refractivity contribution in [1.29, 1.82) is 0 Å². The molecule has 26 heavy (non-hydrogen) atoms. The zero-order valence-corrected chi connectivity index (χ0v) is 15.7.